The standard InChI is InChI=1S/C25H32O2.C18H21BrO/c1-6-24(27,7-2)17-16-20-10-11-22(18-19(20)5)25(8-3,9-4)21-12-14-23(26)15-13-21;1-4-18(5-2,14-6-9-16(20)10-7-14)15-8-11-17(19)13(3)12-15/h10-15,18,26-27H,6-9H2,1-5H3;6-12,20H,4-5H2,1-3H3. The summed E-state index contributed by atoms with van der Waals surface area (Å²) in [6.45, 7) is 17.0. The van der Waals surface area contributed by atoms with Gasteiger partial charge in [-0.15, -0.1) is 0 Å². The molecule has 0 unspecified atom stereocenters. The van der Waals surface area contributed by atoms with Gasteiger partial charge in [-0.2, -0.15) is 0 Å². The van der Waals surface area contributed by atoms with E-state index in [1.54, 1.807) is 24.3 Å². The first-order valence-corrected chi connectivity index (χ1v) is 17.9. The Hall–Kier alpha value is -3.52. The Bertz CT molecular complexity index is 1650. The molecule has 0 aliphatic heterocycles. The van der Waals surface area contributed by atoms with Crippen molar-refractivity contribution in [3.05, 3.63) is 128 Å². The SMILES string of the molecule is CCC(CC)(c1ccc(O)cc1)c1ccc(Br)c(C)c1.CCC(O)(C#Cc1ccc(C(CC)(CC)c2ccc(O)cc2)cc1C)CC. The van der Waals surface area contributed by atoms with E-state index < -0.39 is 5.60 Å². The van der Waals surface area contributed by atoms with Crippen LogP contribution in [0.25, 0.3) is 0 Å². The molecule has 0 aromatic heterocycles. The fraction of sp³-hybridized carbons (Fsp3) is 0.395. The number of hydrogen-bond donors (Lipinski definition) is 3. The minimum Gasteiger partial charge on any atom is -0.508 e. The molecule has 47 heavy (non-hydrogen) atoms. The van der Waals surface area contributed by atoms with E-state index in [9.17, 15) is 15.3 Å². The van der Waals surface area contributed by atoms with Crippen LogP contribution in [0.3, 0.4) is 0 Å². The third-order valence-electron chi connectivity index (χ3n) is 10.3. The van der Waals surface area contributed by atoms with E-state index in [1.165, 1.54) is 27.8 Å². The third-order valence-corrected chi connectivity index (χ3v) is 11.2. The first-order chi connectivity index (χ1) is 22.4. The van der Waals surface area contributed by atoms with Crippen LogP contribution in [0.5, 0.6) is 11.5 Å². The molecule has 0 amide bonds. The second kappa shape index (κ2) is 16.5. The zero-order chi connectivity index (χ0) is 34.8. The highest BCUT2D eigenvalue weighted by Gasteiger charge is 2.32. The Balaban J connectivity index is 0.000000267. The Morgan fingerprint density at radius 2 is 0.915 bits per heavy atom. The van der Waals surface area contributed by atoms with E-state index in [4.69, 9.17) is 0 Å². The monoisotopic (exact) mass is 696 g/mol. The molecule has 3 nitrogen and oxygen atoms in total. The van der Waals surface area contributed by atoms with E-state index >= 15 is 0 Å². The summed E-state index contributed by atoms with van der Waals surface area (Å²) in [5, 5.41) is 29.6. The molecule has 0 radical (unpaired) electrons. The molecule has 0 atom stereocenters. The van der Waals surface area contributed by atoms with Gasteiger partial charge in [0.1, 0.15) is 17.1 Å². The van der Waals surface area contributed by atoms with Crippen molar-refractivity contribution in [2.45, 2.75) is 110 Å². The third kappa shape index (κ3) is 8.50. The van der Waals surface area contributed by atoms with Crippen LogP contribution < -0.4 is 0 Å². The molecule has 0 saturated carbocycles. The van der Waals surface area contributed by atoms with Crippen molar-refractivity contribution < 1.29 is 15.3 Å². The first-order valence-electron chi connectivity index (χ1n) is 17.1. The summed E-state index contributed by atoms with van der Waals surface area (Å²) in [5.74, 6) is 6.85. The molecule has 0 aliphatic carbocycles. The summed E-state index contributed by atoms with van der Waals surface area (Å²) < 4.78 is 1.15. The molecule has 0 heterocycles. The van der Waals surface area contributed by atoms with Crippen LogP contribution in [0, 0.1) is 25.7 Å². The zero-order valence-corrected chi connectivity index (χ0v) is 31.1. The van der Waals surface area contributed by atoms with Crippen LogP contribution >= 0.6 is 15.9 Å². The van der Waals surface area contributed by atoms with Crippen molar-refractivity contribution in [3.63, 3.8) is 0 Å². The van der Waals surface area contributed by atoms with Gasteiger partial charge in [-0.3, -0.25) is 0 Å². The second-order valence-corrected chi connectivity index (χ2v) is 13.5. The van der Waals surface area contributed by atoms with Gasteiger partial charge in [-0.25, -0.2) is 0 Å². The molecule has 0 saturated heterocycles. The van der Waals surface area contributed by atoms with E-state index in [0.717, 1.165) is 41.3 Å². The highest BCUT2D eigenvalue weighted by Crippen LogP contribution is 2.41. The lowest BCUT2D eigenvalue weighted by atomic mass is 9.70. The van der Waals surface area contributed by atoms with Gasteiger partial charge in [0.2, 0.25) is 0 Å². The number of aryl methyl sites for hydroxylation is 2. The normalized spacial score (nSPS) is 11.7. The molecule has 4 aromatic rings. The van der Waals surface area contributed by atoms with Gasteiger partial charge >= 0.3 is 0 Å². The summed E-state index contributed by atoms with van der Waals surface area (Å²) >= 11 is 3.57. The van der Waals surface area contributed by atoms with Crippen LogP contribution in [-0.2, 0) is 10.8 Å². The minimum absolute atomic E-state index is 0.0131. The van der Waals surface area contributed by atoms with Crippen LogP contribution in [0.4, 0.5) is 0 Å². The highest BCUT2D eigenvalue weighted by atomic mass is 79.9. The maximum absolute atomic E-state index is 10.4. The molecule has 4 aromatic carbocycles. The molecule has 0 bridgehead atoms. The number of hydrogen-bond acceptors (Lipinski definition) is 3. The van der Waals surface area contributed by atoms with Crippen molar-refractivity contribution in [2.24, 2.45) is 0 Å². The molecule has 0 fully saturated rings. The average Bonchev–Trinajstić information content (AvgIpc) is 3.09. The number of aliphatic hydroxyl groups is 1. The highest BCUT2D eigenvalue weighted by molar-refractivity contribution is 9.10. The van der Waals surface area contributed by atoms with Gasteiger partial charge in [-0.1, -0.05) is 118 Å². The zero-order valence-electron chi connectivity index (χ0n) is 29.5. The number of phenols is 2. The lowest BCUT2D eigenvalue weighted by Gasteiger charge is -2.33. The van der Waals surface area contributed by atoms with Crippen LogP contribution in [0.1, 0.15) is 119 Å². The van der Waals surface area contributed by atoms with Crippen LogP contribution in [0.15, 0.2) is 89.4 Å². The van der Waals surface area contributed by atoms with E-state index in [2.05, 4.69) is 106 Å². The lowest BCUT2D eigenvalue weighted by Crippen LogP contribution is -2.26. The summed E-state index contributed by atoms with van der Waals surface area (Å²) in [6, 6.07) is 28.3. The number of aromatic hydroxyl groups is 2. The quantitative estimate of drug-likeness (QED) is 0.145. The summed E-state index contributed by atoms with van der Waals surface area (Å²) in [6.07, 6.45) is 5.28. The van der Waals surface area contributed by atoms with E-state index in [1.807, 2.05) is 38.1 Å². The predicted octanol–water partition coefficient (Wildman–Crippen LogP) is 11.3. The van der Waals surface area contributed by atoms with E-state index in [-0.39, 0.29) is 10.8 Å². The van der Waals surface area contributed by atoms with Crippen LogP contribution in [-0.4, -0.2) is 20.9 Å². The Labute approximate surface area is 292 Å². The number of phenolic OH excluding ortho intramolecular Hbond substituents is 2. The van der Waals surface area contributed by atoms with Crippen LogP contribution in [0.2, 0.25) is 0 Å². The van der Waals surface area contributed by atoms with Gasteiger partial charge in [0.15, 0.2) is 0 Å². The van der Waals surface area contributed by atoms with Crippen molar-refractivity contribution in [2.75, 3.05) is 0 Å². The summed E-state index contributed by atoms with van der Waals surface area (Å²) in [7, 11) is 0. The van der Waals surface area contributed by atoms with Gasteiger partial charge in [0.25, 0.3) is 0 Å². The average molecular weight is 698 g/mol. The van der Waals surface area contributed by atoms with Crippen molar-refractivity contribution in [1.29, 1.82) is 0 Å². The van der Waals surface area contributed by atoms with Gasteiger partial charge < -0.3 is 15.3 Å². The number of halogens is 1. The molecular weight excluding hydrogens is 644 g/mol. The molecule has 0 spiro atoms. The van der Waals surface area contributed by atoms with Gasteiger partial charge in [-0.05, 0) is 122 Å². The Morgan fingerprint density at radius 3 is 1.28 bits per heavy atom. The van der Waals surface area contributed by atoms with Crippen molar-refractivity contribution in [3.8, 4) is 23.3 Å². The second-order valence-electron chi connectivity index (χ2n) is 12.7. The molecule has 0 aliphatic rings. The number of rotatable bonds is 10. The maximum atomic E-state index is 10.4. The minimum atomic E-state index is -0.909. The smallest absolute Gasteiger partial charge is 0.125 e. The Kier molecular flexibility index (Phi) is 13.3. The molecule has 4 rings (SSSR count). The molecule has 3 N–H and O–H groups in total. The topological polar surface area (TPSA) is 60.7 Å². The largest absolute Gasteiger partial charge is 0.508 e. The fourth-order valence-electron chi connectivity index (χ4n) is 6.68. The van der Waals surface area contributed by atoms with Gasteiger partial charge in [0.05, 0.1) is 0 Å². The molecule has 250 valence electrons. The van der Waals surface area contributed by atoms with E-state index in [0.29, 0.717) is 24.3 Å². The fourth-order valence-corrected chi connectivity index (χ4v) is 6.93. The number of benzene rings is 4. The predicted molar refractivity (Wildman–Crippen MR) is 201 cm³/mol. The molecule has 4 heteroatoms. The summed E-state index contributed by atoms with van der Waals surface area (Å²) in [5.41, 5.74) is 7.46. The van der Waals surface area contributed by atoms with Crippen molar-refractivity contribution >= 4 is 15.9 Å². The maximum Gasteiger partial charge on any atom is 0.125 e. The van der Waals surface area contributed by atoms with Gasteiger partial charge in [0, 0.05) is 20.9 Å². The van der Waals surface area contributed by atoms with Crippen molar-refractivity contribution in [1.82, 2.24) is 0 Å². The lowest BCUT2D eigenvalue weighted by molar-refractivity contribution is 0.0931. The summed E-state index contributed by atoms with van der Waals surface area (Å²) in [4.78, 5) is 0. The first kappa shape index (κ1) is 37.9. The molecular formula is C43H53BrO3. The Morgan fingerprint density at radius 1 is 0.532 bits per heavy atom.